The van der Waals surface area contributed by atoms with Crippen LogP contribution in [0.3, 0.4) is 0 Å². The molecule has 0 fully saturated rings. The largest absolute Gasteiger partial charge is 0.423 e. The van der Waals surface area contributed by atoms with E-state index in [9.17, 15) is 4.79 Å². The van der Waals surface area contributed by atoms with Crippen molar-refractivity contribution in [2.45, 2.75) is 46.8 Å². The van der Waals surface area contributed by atoms with Crippen LogP contribution in [0.15, 0.2) is 57.7 Å². The molecular weight excluding hydrogens is 310 g/mol. The summed E-state index contributed by atoms with van der Waals surface area (Å²) in [5.41, 5.74) is 5.04. The Morgan fingerprint density at radius 3 is 2.32 bits per heavy atom. The average molecular weight is 335 g/mol. The van der Waals surface area contributed by atoms with Crippen LogP contribution in [-0.4, -0.2) is 10.9 Å². The van der Waals surface area contributed by atoms with Crippen molar-refractivity contribution in [3.63, 3.8) is 0 Å². The lowest BCUT2D eigenvalue weighted by Gasteiger charge is -2.27. The summed E-state index contributed by atoms with van der Waals surface area (Å²) in [6.07, 6.45) is 0. The molecule has 3 nitrogen and oxygen atoms in total. The first-order chi connectivity index (χ1) is 11.9. The maximum Gasteiger partial charge on any atom is 0.336 e. The van der Waals surface area contributed by atoms with E-state index in [1.165, 1.54) is 11.1 Å². The minimum atomic E-state index is -0.283. The molecule has 3 heteroatoms. The average Bonchev–Trinajstić information content (AvgIpc) is 2.57. The van der Waals surface area contributed by atoms with E-state index in [2.05, 4.69) is 56.0 Å². The third kappa shape index (κ3) is 3.99. The van der Waals surface area contributed by atoms with Gasteiger partial charge in [-0.3, -0.25) is 4.90 Å². The Labute approximate surface area is 148 Å². The lowest BCUT2D eigenvalue weighted by Crippen LogP contribution is -2.30. The lowest BCUT2D eigenvalue weighted by atomic mass is 10.0. The van der Waals surface area contributed by atoms with Gasteiger partial charge in [0.1, 0.15) is 5.58 Å². The predicted octanol–water partition coefficient (Wildman–Crippen LogP) is 4.82. The quantitative estimate of drug-likeness (QED) is 0.627. The summed E-state index contributed by atoms with van der Waals surface area (Å²) in [6.45, 7) is 10.1. The SMILES string of the molecule is Cc1cc2oc(=O)cc(CN(Cc3ccccc3)C(C)C)c2cc1C. The zero-order chi connectivity index (χ0) is 18.0. The molecule has 3 rings (SSSR count). The second kappa shape index (κ2) is 7.24. The van der Waals surface area contributed by atoms with Gasteiger partial charge in [-0.1, -0.05) is 30.3 Å². The van der Waals surface area contributed by atoms with Crippen LogP contribution in [0.25, 0.3) is 11.0 Å². The molecule has 0 aliphatic rings. The topological polar surface area (TPSA) is 33.5 Å². The molecule has 0 unspecified atom stereocenters. The molecule has 0 saturated heterocycles. The Morgan fingerprint density at radius 2 is 1.64 bits per heavy atom. The van der Waals surface area contributed by atoms with Gasteiger partial charge in [0.2, 0.25) is 0 Å². The van der Waals surface area contributed by atoms with E-state index in [-0.39, 0.29) is 5.63 Å². The summed E-state index contributed by atoms with van der Waals surface area (Å²) >= 11 is 0. The molecule has 130 valence electrons. The highest BCUT2D eigenvalue weighted by atomic mass is 16.4. The van der Waals surface area contributed by atoms with Crippen LogP contribution in [0.4, 0.5) is 0 Å². The first-order valence-electron chi connectivity index (χ1n) is 8.76. The molecule has 2 aromatic carbocycles. The molecule has 1 aromatic heterocycles. The van der Waals surface area contributed by atoms with Crippen molar-refractivity contribution >= 4 is 11.0 Å². The van der Waals surface area contributed by atoms with Gasteiger partial charge in [-0.2, -0.15) is 0 Å². The van der Waals surface area contributed by atoms with E-state index in [1.807, 2.05) is 19.1 Å². The highest BCUT2D eigenvalue weighted by molar-refractivity contribution is 5.81. The first-order valence-corrected chi connectivity index (χ1v) is 8.76. The standard InChI is InChI=1S/C22H25NO2/c1-15(2)23(13-18-8-6-5-7-9-18)14-19-12-22(24)25-21-11-17(4)16(3)10-20(19)21/h5-12,15H,13-14H2,1-4H3. The molecule has 25 heavy (non-hydrogen) atoms. The molecule has 0 N–H and O–H groups in total. The van der Waals surface area contributed by atoms with Gasteiger partial charge < -0.3 is 4.42 Å². The molecule has 0 amide bonds. The zero-order valence-corrected chi connectivity index (χ0v) is 15.4. The molecule has 3 aromatic rings. The van der Waals surface area contributed by atoms with Crippen LogP contribution in [-0.2, 0) is 13.1 Å². The number of aryl methyl sites for hydroxylation is 2. The second-order valence-corrected chi connectivity index (χ2v) is 7.01. The molecule has 0 atom stereocenters. The fraction of sp³-hybridized carbons (Fsp3) is 0.318. The van der Waals surface area contributed by atoms with Crippen LogP contribution >= 0.6 is 0 Å². The molecule has 0 saturated carbocycles. The lowest BCUT2D eigenvalue weighted by molar-refractivity contribution is 0.204. The third-order valence-corrected chi connectivity index (χ3v) is 4.78. The van der Waals surface area contributed by atoms with E-state index >= 15 is 0 Å². The highest BCUT2D eigenvalue weighted by Gasteiger charge is 2.15. The van der Waals surface area contributed by atoms with E-state index < -0.39 is 0 Å². The molecule has 0 radical (unpaired) electrons. The Balaban J connectivity index is 1.99. The van der Waals surface area contributed by atoms with Crippen LogP contribution in [0, 0.1) is 13.8 Å². The van der Waals surface area contributed by atoms with Gasteiger partial charge in [-0.05, 0) is 62.1 Å². The summed E-state index contributed by atoms with van der Waals surface area (Å²) in [6, 6.07) is 16.5. The molecule has 0 spiro atoms. The zero-order valence-electron chi connectivity index (χ0n) is 15.4. The van der Waals surface area contributed by atoms with Crippen LogP contribution < -0.4 is 5.63 Å². The van der Waals surface area contributed by atoms with Gasteiger partial charge in [-0.15, -0.1) is 0 Å². The van der Waals surface area contributed by atoms with E-state index in [1.54, 1.807) is 6.07 Å². The normalized spacial score (nSPS) is 11.6. The Bertz CT molecular complexity index is 926. The number of fused-ring (bicyclic) bond motifs is 1. The van der Waals surface area contributed by atoms with Crippen molar-refractivity contribution < 1.29 is 4.42 Å². The number of benzene rings is 2. The highest BCUT2D eigenvalue weighted by Crippen LogP contribution is 2.24. The smallest absolute Gasteiger partial charge is 0.336 e. The third-order valence-electron chi connectivity index (χ3n) is 4.78. The van der Waals surface area contributed by atoms with Gasteiger partial charge in [0.15, 0.2) is 0 Å². The Kier molecular flexibility index (Phi) is 5.05. The van der Waals surface area contributed by atoms with Gasteiger partial charge in [0, 0.05) is 30.6 Å². The molecular formula is C22H25NO2. The first kappa shape index (κ1) is 17.4. The summed E-state index contributed by atoms with van der Waals surface area (Å²) in [4.78, 5) is 14.4. The Hall–Kier alpha value is -2.39. The van der Waals surface area contributed by atoms with Crippen molar-refractivity contribution in [1.29, 1.82) is 0 Å². The summed E-state index contributed by atoms with van der Waals surface area (Å²) in [5.74, 6) is 0. The summed E-state index contributed by atoms with van der Waals surface area (Å²) < 4.78 is 5.42. The second-order valence-electron chi connectivity index (χ2n) is 7.01. The molecule has 0 aliphatic heterocycles. The Morgan fingerprint density at radius 1 is 0.960 bits per heavy atom. The van der Waals surface area contributed by atoms with Crippen molar-refractivity contribution in [3.05, 3.63) is 81.2 Å². The van der Waals surface area contributed by atoms with Gasteiger partial charge in [0.25, 0.3) is 0 Å². The van der Waals surface area contributed by atoms with E-state index in [0.717, 1.165) is 29.6 Å². The number of rotatable bonds is 5. The molecule has 0 bridgehead atoms. The minimum Gasteiger partial charge on any atom is -0.423 e. The maximum atomic E-state index is 12.0. The van der Waals surface area contributed by atoms with Crippen LogP contribution in [0.5, 0.6) is 0 Å². The molecule has 1 heterocycles. The van der Waals surface area contributed by atoms with Crippen LogP contribution in [0.1, 0.15) is 36.1 Å². The number of nitrogens with zero attached hydrogens (tertiary/aromatic N) is 1. The van der Waals surface area contributed by atoms with Gasteiger partial charge in [0.05, 0.1) is 0 Å². The minimum absolute atomic E-state index is 0.283. The predicted molar refractivity (Wildman–Crippen MR) is 103 cm³/mol. The van der Waals surface area contributed by atoms with E-state index in [0.29, 0.717) is 11.6 Å². The van der Waals surface area contributed by atoms with Crippen LogP contribution in [0.2, 0.25) is 0 Å². The molecule has 0 aliphatic carbocycles. The van der Waals surface area contributed by atoms with Gasteiger partial charge >= 0.3 is 5.63 Å². The maximum absolute atomic E-state index is 12.0. The van der Waals surface area contributed by atoms with Crippen molar-refractivity contribution in [2.75, 3.05) is 0 Å². The van der Waals surface area contributed by atoms with Crippen molar-refractivity contribution in [1.82, 2.24) is 4.90 Å². The number of hydrogen-bond acceptors (Lipinski definition) is 3. The monoisotopic (exact) mass is 335 g/mol. The number of hydrogen-bond donors (Lipinski definition) is 0. The fourth-order valence-corrected chi connectivity index (χ4v) is 3.07. The van der Waals surface area contributed by atoms with E-state index in [4.69, 9.17) is 4.42 Å². The van der Waals surface area contributed by atoms with Crippen molar-refractivity contribution in [2.24, 2.45) is 0 Å². The summed E-state index contributed by atoms with van der Waals surface area (Å²) in [5, 5.41) is 1.03. The summed E-state index contributed by atoms with van der Waals surface area (Å²) in [7, 11) is 0. The van der Waals surface area contributed by atoms with Crippen molar-refractivity contribution in [3.8, 4) is 0 Å². The fourth-order valence-electron chi connectivity index (χ4n) is 3.07. The van der Waals surface area contributed by atoms with Gasteiger partial charge in [-0.25, -0.2) is 4.79 Å².